The number of carbonyl (C=O) groups is 1. The molecule has 0 spiro atoms. The lowest BCUT2D eigenvalue weighted by Gasteiger charge is -2.40. The van der Waals surface area contributed by atoms with Crippen LogP contribution in [0.1, 0.15) is 58.8 Å². The van der Waals surface area contributed by atoms with Crippen molar-refractivity contribution in [3.05, 3.63) is 48.4 Å². The van der Waals surface area contributed by atoms with E-state index in [0.29, 0.717) is 12.3 Å². The van der Waals surface area contributed by atoms with Crippen molar-refractivity contribution in [3.8, 4) is 0 Å². The van der Waals surface area contributed by atoms with Crippen molar-refractivity contribution < 1.29 is 9.18 Å². The summed E-state index contributed by atoms with van der Waals surface area (Å²) < 4.78 is 13.8. The summed E-state index contributed by atoms with van der Waals surface area (Å²) in [5, 5.41) is 4.03. The molecule has 2 aliphatic rings. The SMILES string of the molecule is C=C1CC(C)CC(CCNC(=O)CC2(C)CCN(c3ccnc4ccc(F)cc34)CC2)C1. The molecule has 4 rings (SSSR count). The van der Waals surface area contributed by atoms with Crippen LogP contribution in [0, 0.1) is 23.1 Å². The molecular weight excluding hydrogens is 401 g/mol. The molecule has 1 amide bonds. The molecule has 1 aromatic heterocycles. The lowest BCUT2D eigenvalue weighted by Crippen LogP contribution is -2.41. The Morgan fingerprint density at radius 2 is 2.06 bits per heavy atom. The third kappa shape index (κ3) is 5.48. The van der Waals surface area contributed by atoms with Gasteiger partial charge in [0, 0.05) is 43.3 Å². The Bertz CT molecular complexity index is 980. The van der Waals surface area contributed by atoms with Gasteiger partial charge in [-0.05, 0) is 80.0 Å². The molecule has 0 radical (unpaired) electrons. The van der Waals surface area contributed by atoms with Gasteiger partial charge >= 0.3 is 0 Å². The van der Waals surface area contributed by atoms with Crippen LogP contribution in [0.4, 0.5) is 10.1 Å². The molecule has 2 unspecified atom stereocenters. The van der Waals surface area contributed by atoms with Gasteiger partial charge in [-0.3, -0.25) is 9.78 Å². The maximum absolute atomic E-state index is 13.8. The van der Waals surface area contributed by atoms with Gasteiger partial charge in [-0.15, -0.1) is 0 Å². The Kier molecular flexibility index (Phi) is 6.82. The highest BCUT2D eigenvalue weighted by atomic mass is 19.1. The van der Waals surface area contributed by atoms with Gasteiger partial charge in [-0.1, -0.05) is 26.0 Å². The van der Waals surface area contributed by atoms with Crippen LogP contribution in [0.3, 0.4) is 0 Å². The lowest BCUT2D eigenvalue weighted by molar-refractivity contribution is -0.123. The van der Waals surface area contributed by atoms with Crippen molar-refractivity contribution in [1.82, 2.24) is 10.3 Å². The van der Waals surface area contributed by atoms with Crippen molar-refractivity contribution >= 4 is 22.5 Å². The minimum atomic E-state index is -0.239. The summed E-state index contributed by atoms with van der Waals surface area (Å²) in [6, 6.07) is 6.73. The van der Waals surface area contributed by atoms with E-state index in [2.05, 4.69) is 35.6 Å². The van der Waals surface area contributed by atoms with Crippen LogP contribution >= 0.6 is 0 Å². The second kappa shape index (κ2) is 9.60. The van der Waals surface area contributed by atoms with E-state index < -0.39 is 0 Å². The highest BCUT2D eigenvalue weighted by Crippen LogP contribution is 2.38. The molecular formula is C27H36FN3O. The summed E-state index contributed by atoms with van der Waals surface area (Å²) in [6.07, 6.45) is 8.81. The number of benzene rings is 1. The van der Waals surface area contributed by atoms with Crippen molar-refractivity contribution in [2.75, 3.05) is 24.5 Å². The van der Waals surface area contributed by atoms with Crippen LogP contribution in [0.15, 0.2) is 42.6 Å². The fraction of sp³-hybridized carbons (Fsp3) is 0.556. The molecule has 1 saturated carbocycles. The molecule has 32 heavy (non-hydrogen) atoms. The van der Waals surface area contributed by atoms with Gasteiger partial charge in [-0.2, -0.15) is 0 Å². The van der Waals surface area contributed by atoms with E-state index in [9.17, 15) is 9.18 Å². The number of halogens is 1. The van der Waals surface area contributed by atoms with E-state index >= 15 is 0 Å². The Hall–Kier alpha value is -2.43. The number of allylic oxidation sites excluding steroid dienone is 1. The third-order valence-corrected chi connectivity index (χ3v) is 7.40. The molecule has 1 aromatic carbocycles. The zero-order chi connectivity index (χ0) is 22.7. The minimum absolute atomic E-state index is 0.00229. The van der Waals surface area contributed by atoms with Gasteiger partial charge in [-0.25, -0.2) is 4.39 Å². The molecule has 2 heterocycles. The second-order valence-corrected chi connectivity index (χ2v) is 10.5. The Balaban J connectivity index is 1.27. The van der Waals surface area contributed by atoms with E-state index in [1.807, 2.05) is 6.07 Å². The molecule has 4 nitrogen and oxygen atoms in total. The molecule has 2 fully saturated rings. The van der Waals surface area contributed by atoms with Crippen LogP contribution in [0.2, 0.25) is 0 Å². The smallest absolute Gasteiger partial charge is 0.220 e. The number of rotatable bonds is 6. The van der Waals surface area contributed by atoms with Crippen LogP contribution in [0.25, 0.3) is 10.9 Å². The van der Waals surface area contributed by atoms with Gasteiger partial charge in [0.1, 0.15) is 5.82 Å². The largest absolute Gasteiger partial charge is 0.371 e. The Labute approximate surface area is 191 Å². The van der Waals surface area contributed by atoms with Gasteiger partial charge in [0.25, 0.3) is 0 Å². The highest BCUT2D eigenvalue weighted by molar-refractivity contribution is 5.91. The quantitative estimate of drug-likeness (QED) is 0.575. The van der Waals surface area contributed by atoms with Gasteiger partial charge < -0.3 is 10.2 Å². The zero-order valence-corrected chi connectivity index (χ0v) is 19.5. The fourth-order valence-corrected chi connectivity index (χ4v) is 5.65. The first-order chi connectivity index (χ1) is 15.3. The predicted molar refractivity (Wildman–Crippen MR) is 129 cm³/mol. The summed E-state index contributed by atoms with van der Waals surface area (Å²) in [6.45, 7) is 11.2. The standard InChI is InChI=1S/C27H36FN3O/c1-19-14-20(2)16-21(15-19)6-10-30-26(32)18-27(3)8-12-31(13-9-27)25-7-11-29-24-5-4-22(28)17-23(24)25/h4-5,7,11,17,20-21H,1,6,8-10,12-16,18H2,2-3H3,(H,30,32). The molecule has 1 aliphatic heterocycles. The molecule has 172 valence electrons. The number of hydrogen-bond acceptors (Lipinski definition) is 3. The second-order valence-electron chi connectivity index (χ2n) is 10.5. The lowest BCUT2D eigenvalue weighted by atomic mass is 9.77. The van der Waals surface area contributed by atoms with Crippen molar-refractivity contribution in [1.29, 1.82) is 0 Å². The maximum Gasteiger partial charge on any atom is 0.220 e. The number of nitrogens with one attached hydrogen (secondary N) is 1. The average Bonchev–Trinajstić information content (AvgIpc) is 2.73. The molecule has 2 atom stereocenters. The van der Waals surface area contributed by atoms with Crippen LogP contribution < -0.4 is 10.2 Å². The predicted octanol–water partition coefficient (Wildman–Crippen LogP) is 5.87. The molecule has 0 bridgehead atoms. The number of piperidine rings is 1. The minimum Gasteiger partial charge on any atom is -0.371 e. The summed E-state index contributed by atoms with van der Waals surface area (Å²) in [5.41, 5.74) is 3.21. The number of amides is 1. The molecule has 1 saturated heterocycles. The number of carbonyl (C=O) groups excluding carboxylic acids is 1. The average molecular weight is 438 g/mol. The monoisotopic (exact) mass is 437 g/mol. The first kappa shape index (κ1) is 22.8. The van der Waals surface area contributed by atoms with Crippen LogP contribution in [-0.4, -0.2) is 30.5 Å². The summed E-state index contributed by atoms with van der Waals surface area (Å²) in [5.74, 6) is 1.30. The van der Waals surface area contributed by atoms with E-state index in [-0.39, 0.29) is 17.1 Å². The summed E-state index contributed by atoms with van der Waals surface area (Å²) in [4.78, 5) is 19.3. The highest BCUT2D eigenvalue weighted by Gasteiger charge is 2.33. The van der Waals surface area contributed by atoms with E-state index in [1.165, 1.54) is 18.1 Å². The number of fused-ring (bicyclic) bond motifs is 1. The van der Waals surface area contributed by atoms with Gasteiger partial charge in [0.15, 0.2) is 0 Å². The maximum atomic E-state index is 13.8. The normalized spacial score (nSPS) is 23.3. The van der Waals surface area contributed by atoms with Crippen molar-refractivity contribution in [2.24, 2.45) is 17.3 Å². The first-order valence-corrected chi connectivity index (χ1v) is 12.0. The van der Waals surface area contributed by atoms with E-state index in [4.69, 9.17) is 0 Å². The van der Waals surface area contributed by atoms with Gasteiger partial charge in [0.05, 0.1) is 5.52 Å². The Morgan fingerprint density at radius 1 is 1.28 bits per heavy atom. The summed E-state index contributed by atoms with van der Waals surface area (Å²) in [7, 11) is 0. The van der Waals surface area contributed by atoms with Crippen LogP contribution in [-0.2, 0) is 4.79 Å². The molecule has 2 aromatic rings. The van der Waals surface area contributed by atoms with E-state index in [0.717, 1.165) is 74.2 Å². The van der Waals surface area contributed by atoms with Crippen molar-refractivity contribution in [3.63, 3.8) is 0 Å². The zero-order valence-electron chi connectivity index (χ0n) is 19.5. The van der Waals surface area contributed by atoms with Crippen molar-refractivity contribution in [2.45, 2.75) is 58.8 Å². The number of hydrogen-bond donors (Lipinski definition) is 1. The van der Waals surface area contributed by atoms with Gasteiger partial charge in [0.2, 0.25) is 5.91 Å². The van der Waals surface area contributed by atoms with E-state index in [1.54, 1.807) is 18.3 Å². The first-order valence-electron chi connectivity index (χ1n) is 12.0. The third-order valence-electron chi connectivity index (χ3n) is 7.40. The Morgan fingerprint density at radius 3 is 2.81 bits per heavy atom. The fourth-order valence-electron chi connectivity index (χ4n) is 5.65. The number of aromatic nitrogens is 1. The van der Waals surface area contributed by atoms with Crippen LogP contribution in [0.5, 0.6) is 0 Å². The number of anilines is 1. The molecule has 1 aliphatic carbocycles. The molecule has 1 N–H and O–H groups in total. The summed E-state index contributed by atoms with van der Waals surface area (Å²) >= 11 is 0. The molecule has 5 heteroatoms. The number of nitrogens with zero attached hydrogens (tertiary/aromatic N) is 2. The number of pyridine rings is 1. The topological polar surface area (TPSA) is 45.2 Å².